The van der Waals surface area contributed by atoms with Crippen LogP contribution in [0.5, 0.6) is 17.2 Å². The average Bonchev–Trinajstić information content (AvgIpc) is 3.46. The maximum atomic E-state index is 13.4. The molecule has 2 aromatic carbocycles. The SMILES string of the molecule is COc1ccc([C@H]2CCCN2C(=O)c2nn(-c3ccccc3)cc2OC)cc1OC. The van der Waals surface area contributed by atoms with Gasteiger partial charge in [0.2, 0.25) is 0 Å². The van der Waals surface area contributed by atoms with Crippen LogP contribution < -0.4 is 14.2 Å². The van der Waals surface area contributed by atoms with Crippen LogP contribution in [0.3, 0.4) is 0 Å². The van der Waals surface area contributed by atoms with Crippen molar-refractivity contribution in [2.24, 2.45) is 0 Å². The molecule has 1 aliphatic rings. The number of hydrogen-bond acceptors (Lipinski definition) is 5. The lowest BCUT2D eigenvalue weighted by Crippen LogP contribution is -2.31. The normalized spacial score (nSPS) is 15.8. The predicted molar refractivity (Wildman–Crippen MR) is 113 cm³/mol. The van der Waals surface area contributed by atoms with Gasteiger partial charge in [0.05, 0.1) is 39.3 Å². The monoisotopic (exact) mass is 407 g/mol. The first-order chi connectivity index (χ1) is 14.7. The van der Waals surface area contributed by atoms with Gasteiger partial charge in [0.1, 0.15) is 0 Å². The third-order valence-electron chi connectivity index (χ3n) is 5.43. The number of nitrogens with zero attached hydrogens (tertiary/aromatic N) is 3. The van der Waals surface area contributed by atoms with Gasteiger partial charge in [-0.1, -0.05) is 24.3 Å². The zero-order chi connectivity index (χ0) is 21.1. The quantitative estimate of drug-likeness (QED) is 0.621. The van der Waals surface area contributed by atoms with E-state index < -0.39 is 0 Å². The van der Waals surface area contributed by atoms with Gasteiger partial charge in [-0.25, -0.2) is 4.68 Å². The fourth-order valence-corrected chi connectivity index (χ4v) is 3.92. The third-order valence-corrected chi connectivity index (χ3v) is 5.43. The van der Waals surface area contributed by atoms with Crippen LogP contribution in [-0.2, 0) is 0 Å². The van der Waals surface area contributed by atoms with Crippen LogP contribution in [-0.4, -0.2) is 48.5 Å². The number of rotatable bonds is 6. The maximum absolute atomic E-state index is 13.4. The van der Waals surface area contributed by atoms with E-state index in [9.17, 15) is 4.79 Å². The van der Waals surface area contributed by atoms with Crippen molar-refractivity contribution < 1.29 is 19.0 Å². The molecule has 0 radical (unpaired) electrons. The highest BCUT2D eigenvalue weighted by Crippen LogP contribution is 2.38. The van der Waals surface area contributed by atoms with E-state index in [-0.39, 0.29) is 11.9 Å². The lowest BCUT2D eigenvalue weighted by molar-refractivity contribution is 0.0725. The number of ether oxygens (including phenoxy) is 3. The number of methoxy groups -OCH3 is 3. The van der Waals surface area contributed by atoms with Gasteiger partial charge in [0.15, 0.2) is 22.9 Å². The van der Waals surface area contributed by atoms with Gasteiger partial charge in [-0.15, -0.1) is 0 Å². The minimum atomic E-state index is -0.140. The molecule has 1 aliphatic heterocycles. The Morgan fingerprint density at radius 1 is 0.967 bits per heavy atom. The van der Waals surface area contributed by atoms with E-state index >= 15 is 0 Å². The highest BCUT2D eigenvalue weighted by Gasteiger charge is 2.34. The minimum Gasteiger partial charge on any atom is -0.493 e. The van der Waals surface area contributed by atoms with Crippen LogP contribution >= 0.6 is 0 Å². The number of hydrogen-bond donors (Lipinski definition) is 0. The number of carbonyl (C=O) groups is 1. The van der Waals surface area contributed by atoms with Crippen molar-refractivity contribution in [2.45, 2.75) is 18.9 Å². The molecule has 1 amide bonds. The molecular formula is C23H25N3O4. The molecule has 0 bridgehead atoms. The van der Waals surface area contributed by atoms with Crippen LogP contribution in [0.15, 0.2) is 54.7 Å². The summed E-state index contributed by atoms with van der Waals surface area (Å²) in [5.41, 5.74) is 2.20. The second kappa shape index (κ2) is 8.49. The smallest absolute Gasteiger partial charge is 0.278 e. The van der Waals surface area contributed by atoms with E-state index in [1.54, 1.807) is 32.2 Å². The highest BCUT2D eigenvalue weighted by molar-refractivity contribution is 5.95. The molecule has 0 aliphatic carbocycles. The summed E-state index contributed by atoms with van der Waals surface area (Å²) in [6, 6.07) is 15.4. The molecule has 1 aromatic heterocycles. The molecule has 0 saturated carbocycles. The Labute approximate surface area is 175 Å². The minimum absolute atomic E-state index is 0.0520. The van der Waals surface area contributed by atoms with Gasteiger partial charge < -0.3 is 19.1 Å². The fraction of sp³-hybridized carbons (Fsp3) is 0.304. The predicted octanol–water partition coefficient (Wildman–Crippen LogP) is 3.88. The van der Waals surface area contributed by atoms with Gasteiger partial charge in [0.25, 0.3) is 5.91 Å². The summed E-state index contributed by atoms with van der Waals surface area (Å²) in [6.07, 6.45) is 3.54. The molecule has 156 valence electrons. The van der Waals surface area contributed by atoms with Crippen LogP contribution in [0.1, 0.15) is 34.9 Å². The summed E-state index contributed by atoms with van der Waals surface area (Å²) in [7, 11) is 4.78. The van der Waals surface area contributed by atoms with Crippen LogP contribution in [0.2, 0.25) is 0 Å². The Morgan fingerprint density at radius 3 is 2.40 bits per heavy atom. The van der Waals surface area contributed by atoms with Crippen molar-refractivity contribution >= 4 is 5.91 Å². The zero-order valence-corrected chi connectivity index (χ0v) is 17.4. The molecule has 1 atom stereocenters. The molecule has 30 heavy (non-hydrogen) atoms. The van der Waals surface area contributed by atoms with E-state index in [0.29, 0.717) is 29.5 Å². The number of amides is 1. The topological polar surface area (TPSA) is 65.8 Å². The standard InChI is InChI=1S/C23H25N3O4/c1-28-19-12-11-16(14-20(19)29-2)18-10-7-13-25(18)23(27)22-21(30-3)15-26(24-22)17-8-5-4-6-9-17/h4-6,8-9,11-12,14-15,18H,7,10,13H2,1-3H3/t18-/m1/s1. The van der Waals surface area contributed by atoms with Gasteiger partial charge in [0, 0.05) is 6.54 Å². The number of aromatic nitrogens is 2. The van der Waals surface area contributed by atoms with E-state index in [4.69, 9.17) is 14.2 Å². The average molecular weight is 407 g/mol. The molecule has 2 heterocycles. The highest BCUT2D eigenvalue weighted by atomic mass is 16.5. The molecule has 0 spiro atoms. The molecule has 7 nitrogen and oxygen atoms in total. The molecule has 0 N–H and O–H groups in total. The Hall–Kier alpha value is -3.48. The largest absolute Gasteiger partial charge is 0.493 e. The maximum Gasteiger partial charge on any atom is 0.278 e. The molecular weight excluding hydrogens is 382 g/mol. The van der Waals surface area contributed by atoms with Crippen LogP contribution in [0, 0.1) is 0 Å². The molecule has 3 aromatic rings. The Kier molecular flexibility index (Phi) is 5.61. The van der Waals surface area contributed by atoms with Gasteiger partial charge >= 0.3 is 0 Å². The molecule has 1 fully saturated rings. The fourth-order valence-electron chi connectivity index (χ4n) is 3.92. The number of carbonyl (C=O) groups excluding carboxylic acids is 1. The van der Waals surface area contributed by atoms with Crippen molar-refractivity contribution in [3.63, 3.8) is 0 Å². The van der Waals surface area contributed by atoms with E-state index in [2.05, 4.69) is 5.10 Å². The lowest BCUT2D eigenvalue weighted by Gasteiger charge is -2.25. The lowest BCUT2D eigenvalue weighted by atomic mass is 10.0. The van der Waals surface area contributed by atoms with Crippen molar-refractivity contribution in [2.75, 3.05) is 27.9 Å². The van der Waals surface area contributed by atoms with E-state index in [1.807, 2.05) is 53.4 Å². The number of para-hydroxylation sites is 1. The first kappa shape index (κ1) is 19.8. The summed E-state index contributed by atoms with van der Waals surface area (Å²) < 4.78 is 17.9. The van der Waals surface area contributed by atoms with Crippen molar-refractivity contribution in [3.8, 4) is 22.9 Å². The summed E-state index contributed by atoms with van der Waals surface area (Å²) in [6.45, 7) is 0.666. The van der Waals surface area contributed by atoms with E-state index in [1.165, 1.54) is 0 Å². The Balaban J connectivity index is 1.65. The van der Waals surface area contributed by atoms with Crippen molar-refractivity contribution in [1.82, 2.24) is 14.7 Å². The van der Waals surface area contributed by atoms with E-state index in [0.717, 1.165) is 24.1 Å². The summed E-state index contributed by atoms with van der Waals surface area (Å²) >= 11 is 0. The summed E-state index contributed by atoms with van der Waals surface area (Å²) in [5, 5.41) is 4.54. The van der Waals surface area contributed by atoms with Gasteiger partial charge in [-0.3, -0.25) is 4.79 Å². The zero-order valence-electron chi connectivity index (χ0n) is 17.4. The van der Waals surface area contributed by atoms with Gasteiger partial charge in [-0.05, 0) is 42.7 Å². The van der Waals surface area contributed by atoms with Crippen molar-refractivity contribution in [3.05, 3.63) is 66.0 Å². The molecule has 4 rings (SSSR count). The van der Waals surface area contributed by atoms with Crippen LogP contribution in [0.4, 0.5) is 0 Å². The second-order valence-electron chi connectivity index (χ2n) is 7.10. The molecule has 1 saturated heterocycles. The summed E-state index contributed by atoms with van der Waals surface area (Å²) in [4.78, 5) is 15.3. The van der Waals surface area contributed by atoms with Gasteiger partial charge in [-0.2, -0.15) is 5.10 Å². The summed E-state index contributed by atoms with van der Waals surface area (Å²) in [5.74, 6) is 1.64. The number of likely N-dealkylation sites (tertiary alicyclic amines) is 1. The molecule has 7 heteroatoms. The van der Waals surface area contributed by atoms with Crippen molar-refractivity contribution in [1.29, 1.82) is 0 Å². The first-order valence-electron chi connectivity index (χ1n) is 9.88. The Bertz CT molecular complexity index is 1030. The third kappa shape index (κ3) is 3.58. The second-order valence-corrected chi connectivity index (χ2v) is 7.10. The molecule has 0 unspecified atom stereocenters. The first-order valence-corrected chi connectivity index (χ1v) is 9.88. The number of benzene rings is 2. The Morgan fingerprint density at radius 2 is 1.70 bits per heavy atom. The van der Waals surface area contributed by atoms with Crippen LogP contribution in [0.25, 0.3) is 5.69 Å².